The SMILES string of the molecule is COSN(C)C(=O)Nc1cccc(OC(C)c2ccc(Cl)nc2)c1. The first-order valence-corrected chi connectivity index (χ1v) is 8.21. The van der Waals surface area contributed by atoms with E-state index in [1.54, 1.807) is 37.5 Å². The molecule has 2 rings (SSSR count). The monoisotopic (exact) mass is 367 g/mol. The van der Waals surface area contributed by atoms with Gasteiger partial charge in [0.25, 0.3) is 0 Å². The van der Waals surface area contributed by atoms with Gasteiger partial charge >= 0.3 is 6.03 Å². The molecule has 1 heterocycles. The maximum absolute atomic E-state index is 11.9. The van der Waals surface area contributed by atoms with E-state index in [-0.39, 0.29) is 12.1 Å². The van der Waals surface area contributed by atoms with Crippen molar-refractivity contribution in [2.24, 2.45) is 0 Å². The minimum absolute atomic E-state index is 0.201. The van der Waals surface area contributed by atoms with Crippen LogP contribution in [0.15, 0.2) is 42.6 Å². The number of pyridine rings is 1. The Kier molecular flexibility index (Phi) is 6.72. The number of carbonyl (C=O) groups is 1. The van der Waals surface area contributed by atoms with Gasteiger partial charge < -0.3 is 10.1 Å². The van der Waals surface area contributed by atoms with Crippen LogP contribution in [0.4, 0.5) is 10.5 Å². The number of ether oxygens (including phenoxy) is 1. The molecule has 0 aliphatic rings. The highest BCUT2D eigenvalue weighted by Gasteiger charge is 2.11. The molecular formula is C16H18ClN3O3S. The maximum atomic E-state index is 11.9. The van der Waals surface area contributed by atoms with E-state index in [2.05, 4.69) is 10.3 Å². The van der Waals surface area contributed by atoms with Crippen molar-refractivity contribution in [3.05, 3.63) is 53.3 Å². The van der Waals surface area contributed by atoms with Crippen LogP contribution in [0.1, 0.15) is 18.6 Å². The van der Waals surface area contributed by atoms with Gasteiger partial charge in [-0.1, -0.05) is 23.7 Å². The normalized spacial score (nSPS) is 11.7. The van der Waals surface area contributed by atoms with Crippen molar-refractivity contribution in [1.82, 2.24) is 9.29 Å². The first-order chi connectivity index (χ1) is 11.5. The Morgan fingerprint density at radius 3 is 2.83 bits per heavy atom. The number of urea groups is 1. The van der Waals surface area contributed by atoms with Crippen molar-refractivity contribution in [3.63, 3.8) is 0 Å². The number of amides is 2. The van der Waals surface area contributed by atoms with E-state index in [9.17, 15) is 4.79 Å². The molecule has 1 aromatic carbocycles. The van der Waals surface area contributed by atoms with Gasteiger partial charge in [0.05, 0.1) is 7.11 Å². The van der Waals surface area contributed by atoms with E-state index < -0.39 is 0 Å². The van der Waals surface area contributed by atoms with Gasteiger partial charge in [-0.3, -0.25) is 4.18 Å². The van der Waals surface area contributed by atoms with Crippen molar-refractivity contribution in [2.75, 3.05) is 19.5 Å². The third-order valence-corrected chi connectivity index (χ3v) is 3.85. The molecular weight excluding hydrogens is 350 g/mol. The van der Waals surface area contributed by atoms with Gasteiger partial charge in [0.1, 0.15) is 29.2 Å². The molecule has 8 heteroatoms. The number of nitrogens with one attached hydrogen (secondary N) is 1. The molecule has 1 N–H and O–H groups in total. The predicted octanol–water partition coefficient (Wildman–Crippen LogP) is 4.55. The van der Waals surface area contributed by atoms with Gasteiger partial charge in [0, 0.05) is 30.6 Å². The highest BCUT2D eigenvalue weighted by Crippen LogP contribution is 2.25. The number of aromatic nitrogens is 1. The van der Waals surface area contributed by atoms with Gasteiger partial charge in [-0.15, -0.1) is 0 Å². The van der Waals surface area contributed by atoms with Gasteiger partial charge in [-0.2, -0.15) is 0 Å². The molecule has 0 spiro atoms. The van der Waals surface area contributed by atoms with Gasteiger partial charge in [-0.05, 0) is 25.1 Å². The molecule has 0 fully saturated rings. The molecule has 0 bridgehead atoms. The van der Waals surface area contributed by atoms with Crippen LogP contribution < -0.4 is 10.1 Å². The summed E-state index contributed by atoms with van der Waals surface area (Å²) in [5.41, 5.74) is 1.53. The minimum atomic E-state index is -0.297. The summed E-state index contributed by atoms with van der Waals surface area (Å²) in [5, 5.41) is 3.20. The lowest BCUT2D eigenvalue weighted by Crippen LogP contribution is -2.25. The van der Waals surface area contributed by atoms with Crippen molar-refractivity contribution >= 4 is 35.5 Å². The summed E-state index contributed by atoms with van der Waals surface area (Å²) in [6.07, 6.45) is 1.47. The van der Waals surface area contributed by atoms with E-state index in [1.165, 1.54) is 11.4 Å². The van der Waals surface area contributed by atoms with E-state index in [0.29, 0.717) is 16.6 Å². The largest absolute Gasteiger partial charge is 0.486 e. The topological polar surface area (TPSA) is 63.7 Å². The summed E-state index contributed by atoms with van der Waals surface area (Å²) < 4.78 is 12.1. The Labute approximate surface area is 150 Å². The molecule has 2 aromatic rings. The molecule has 0 aliphatic carbocycles. The van der Waals surface area contributed by atoms with Crippen LogP contribution in [0, 0.1) is 0 Å². The number of nitrogens with zero attached hydrogens (tertiary/aromatic N) is 2. The Bertz CT molecular complexity index is 685. The number of anilines is 1. The van der Waals surface area contributed by atoms with Crippen LogP contribution in [0.5, 0.6) is 5.75 Å². The predicted molar refractivity (Wildman–Crippen MR) is 96.1 cm³/mol. The minimum Gasteiger partial charge on any atom is -0.486 e. The van der Waals surface area contributed by atoms with E-state index in [0.717, 1.165) is 17.8 Å². The van der Waals surface area contributed by atoms with E-state index >= 15 is 0 Å². The Balaban J connectivity index is 2.02. The highest BCUT2D eigenvalue weighted by molar-refractivity contribution is 7.92. The van der Waals surface area contributed by atoms with Gasteiger partial charge in [0.15, 0.2) is 0 Å². The molecule has 1 unspecified atom stereocenters. The van der Waals surface area contributed by atoms with Crippen LogP contribution in [0.3, 0.4) is 0 Å². The lowest BCUT2D eigenvalue weighted by atomic mass is 10.2. The fourth-order valence-corrected chi connectivity index (χ4v) is 2.34. The first-order valence-electron chi connectivity index (χ1n) is 7.13. The fraction of sp³-hybridized carbons (Fsp3) is 0.250. The molecule has 6 nitrogen and oxygen atoms in total. The molecule has 2 amide bonds. The van der Waals surface area contributed by atoms with Crippen LogP contribution in [-0.4, -0.2) is 29.5 Å². The average molecular weight is 368 g/mol. The molecule has 1 aromatic heterocycles. The summed E-state index contributed by atoms with van der Waals surface area (Å²) in [7, 11) is 3.11. The number of hydrogen-bond acceptors (Lipinski definition) is 5. The molecule has 1 atom stereocenters. The van der Waals surface area contributed by atoms with Crippen molar-refractivity contribution in [2.45, 2.75) is 13.0 Å². The summed E-state index contributed by atoms with van der Waals surface area (Å²) in [6, 6.07) is 10.5. The zero-order valence-corrected chi connectivity index (χ0v) is 15.1. The summed E-state index contributed by atoms with van der Waals surface area (Å²) in [4.78, 5) is 16.0. The van der Waals surface area contributed by atoms with Crippen LogP contribution in [0.25, 0.3) is 0 Å². The average Bonchev–Trinajstić information content (AvgIpc) is 2.56. The zero-order chi connectivity index (χ0) is 17.5. The van der Waals surface area contributed by atoms with Crippen molar-refractivity contribution in [3.8, 4) is 5.75 Å². The number of hydrogen-bond donors (Lipinski definition) is 1. The van der Waals surface area contributed by atoms with Gasteiger partial charge in [0.2, 0.25) is 0 Å². The molecule has 0 saturated carbocycles. The highest BCUT2D eigenvalue weighted by atomic mass is 35.5. The quantitative estimate of drug-likeness (QED) is 0.461. The summed E-state index contributed by atoms with van der Waals surface area (Å²) >= 11 is 6.73. The van der Waals surface area contributed by atoms with E-state index in [1.807, 2.05) is 19.1 Å². The molecule has 24 heavy (non-hydrogen) atoms. The fourth-order valence-electron chi connectivity index (χ4n) is 1.89. The Morgan fingerprint density at radius 2 is 2.17 bits per heavy atom. The third-order valence-electron chi connectivity index (χ3n) is 3.09. The second kappa shape index (κ2) is 8.77. The summed E-state index contributed by atoms with van der Waals surface area (Å²) in [5.74, 6) is 0.636. The molecule has 0 aliphatic heterocycles. The number of benzene rings is 1. The second-order valence-corrected chi connectivity index (χ2v) is 6.29. The Hall–Kier alpha value is -1.96. The third kappa shape index (κ3) is 5.30. The van der Waals surface area contributed by atoms with Crippen molar-refractivity contribution < 1.29 is 13.7 Å². The number of carbonyl (C=O) groups excluding carboxylic acids is 1. The van der Waals surface area contributed by atoms with Crippen LogP contribution in [0.2, 0.25) is 5.15 Å². The molecule has 128 valence electrons. The maximum Gasteiger partial charge on any atom is 0.333 e. The molecule has 0 saturated heterocycles. The molecule has 0 radical (unpaired) electrons. The smallest absolute Gasteiger partial charge is 0.333 e. The standard InChI is InChI=1S/C16H18ClN3O3S/c1-11(12-7-8-15(17)18-10-12)23-14-6-4-5-13(9-14)19-16(21)20(2)24-22-3/h4-11H,1-3H3,(H,19,21). The Morgan fingerprint density at radius 1 is 1.38 bits per heavy atom. The number of rotatable bonds is 6. The first kappa shape index (κ1) is 18.4. The summed E-state index contributed by atoms with van der Waals surface area (Å²) in [6.45, 7) is 1.92. The van der Waals surface area contributed by atoms with E-state index in [4.69, 9.17) is 20.5 Å². The zero-order valence-electron chi connectivity index (χ0n) is 13.5. The second-order valence-electron chi connectivity index (χ2n) is 4.87. The number of halogens is 1. The van der Waals surface area contributed by atoms with Crippen molar-refractivity contribution in [1.29, 1.82) is 0 Å². The lowest BCUT2D eigenvalue weighted by Gasteiger charge is -2.17. The van der Waals surface area contributed by atoms with Crippen LogP contribution >= 0.6 is 23.8 Å². The van der Waals surface area contributed by atoms with Crippen LogP contribution in [-0.2, 0) is 4.18 Å². The van der Waals surface area contributed by atoms with Gasteiger partial charge in [-0.25, -0.2) is 14.1 Å². The lowest BCUT2D eigenvalue weighted by molar-refractivity contribution is 0.226.